The average molecular weight is 311 g/mol. The van der Waals surface area contributed by atoms with Crippen LogP contribution in [0.5, 0.6) is 0 Å². The molecule has 0 aromatic rings. The van der Waals surface area contributed by atoms with Crippen LogP contribution in [0.25, 0.3) is 0 Å². The minimum Gasteiger partial charge on any atom is -0.463 e. The largest absolute Gasteiger partial charge is 0.463 e. The number of carbonyl (C=O) groups excluding carboxylic acids is 1. The molecule has 1 aliphatic heterocycles. The molecule has 1 atom stereocenters. The van der Waals surface area contributed by atoms with Crippen molar-refractivity contribution in [1.82, 2.24) is 0 Å². The lowest BCUT2D eigenvalue weighted by atomic mass is 9.91. The maximum absolute atomic E-state index is 11.3. The van der Waals surface area contributed by atoms with Crippen LogP contribution < -0.4 is 0 Å². The molecule has 0 aliphatic carbocycles. The summed E-state index contributed by atoms with van der Waals surface area (Å²) in [6.45, 7) is 13.5. The molecule has 120 valence electrons. The Balaban J connectivity index is 2.28. The third-order valence-electron chi connectivity index (χ3n) is 4.39. The van der Waals surface area contributed by atoms with Crippen LogP contribution in [-0.4, -0.2) is 22.1 Å². The maximum Gasteiger partial charge on any atom is 0.330 e. The Morgan fingerprint density at radius 2 is 1.76 bits per heavy atom. The summed E-state index contributed by atoms with van der Waals surface area (Å²) in [5.41, 5.74) is 2.55. The molecule has 1 unspecified atom stereocenters. The van der Waals surface area contributed by atoms with Crippen LogP contribution >= 0.6 is 11.8 Å². The van der Waals surface area contributed by atoms with Gasteiger partial charge >= 0.3 is 5.97 Å². The van der Waals surface area contributed by atoms with Crippen molar-refractivity contribution in [3.63, 3.8) is 0 Å². The van der Waals surface area contributed by atoms with Crippen molar-refractivity contribution in [2.75, 3.05) is 6.61 Å². The minimum atomic E-state index is -0.225. The molecule has 0 N–H and O–H groups in total. The number of hydrogen-bond acceptors (Lipinski definition) is 3. The van der Waals surface area contributed by atoms with E-state index in [1.165, 1.54) is 18.4 Å². The number of allylic oxidation sites excluding steroid dienone is 3. The highest BCUT2D eigenvalue weighted by Gasteiger charge is 2.57. The molecule has 1 rings (SSSR count). The molecule has 2 nitrogen and oxygen atoms in total. The van der Waals surface area contributed by atoms with E-state index in [4.69, 9.17) is 4.74 Å². The van der Waals surface area contributed by atoms with E-state index < -0.39 is 0 Å². The van der Waals surface area contributed by atoms with Crippen LogP contribution in [0.3, 0.4) is 0 Å². The van der Waals surface area contributed by atoms with Crippen LogP contribution in [0, 0.1) is 0 Å². The van der Waals surface area contributed by atoms with E-state index in [2.05, 4.69) is 45.5 Å². The van der Waals surface area contributed by atoms with Gasteiger partial charge in [-0.15, -0.1) is 11.8 Å². The summed E-state index contributed by atoms with van der Waals surface area (Å²) in [6.07, 6.45) is 8.27. The predicted molar refractivity (Wildman–Crippen MR) is 92.7 cm³/mol. The van der Waals surface area contributed by atoms with Crippen molar-refractivity contribution < 1.29 is 9.53 Å². The van der Waals surface area contributed by atoms with Crippen LogP contribution in [0.2, 0.25) is 0 Å². The molecule has 0 amide bonds. The van der Waals surface area contributed by atoms with Gasteiger partial charge in [0.1, 0.15) is 0 Å². The van der Waals surface area contributed by atoms with Crippen molar-refractivity contribution >= 4 is 17.7 Å². The number of thioether (sulfide) groups is 1. The van der Waals surface area contributed by atoms with Gasteiger partial charge in [0.25, 0.3) is 0 Å². The number of esters is 1. The Labute approximate surface area is 134 Å². The first kappa shape index (κ1) is 18.3. The molecular weight excluding hydrogens is 280 g/mol. The fourth-order valence-corrected chi connectivity index (χ4v) is 3.81. The molecule has 0 radical (unpaired) electrons. The molecule has 21 heavy (non-hydrogen) atoms. The Morgan fingerprint density at radius 1 is 1.14 bits per heavy atom. The second-order valence-electron chi connectivity index (χ2n) is 6.68. The van der Waals surface area contributed by atoms with Gasteiger partial charge < -0.3 is 4.74 Å². The normalized spacial score (nSPS) is 24.9. The molecule has 1 saturated heterocycles. The maximum atomic E-state index is 11.3. The van der Waals surface area contributed by atoms with Gasteiger partial charge in [0.15, 0.2) is 0 Å². The number of carbonyl (C=O) groups is 1. The highest BCUT2D eigenvalue weighted by Crippen LogP contribution is 2.65. The molecule has 0 aromatic heterocycles. The zero-order valence-electron chi connectivity index (χ0n) is 14.4. The van der Waals surface area contributed by atoms with Crippen molar-refractivity contribution in [3.8, 4) is 0 Å². The minimum absolute atomic E-state index is 0.225. The van der Waals surface area contributed by atoms with E-state index in [0.29, 0.717) is 16.1 Å². The molecule has 1 aliphatic rings. The van der Waals surface area contributed by atoms with Gasteiger partial charge in [0, 0.05) is 15.6 Å². The van der Waals surface area contributed by atoms with Crippen LogP contribution in [0.15, 0.2) is 23.3 Å². The van der Waals surface area contributed by atoms with Gasteiger partial charge in [-0.2, -0.15) is 0 Å². The molecule has 0 spiro atoms. The average Bonchev–Trinajstić information content (AvgIpc) is 2.86. The van der Waals surface area contributed by atoms with E-state index >= 15 is 0 Å². The van der Waals surface area contributed by atoms with Crippen LogP contribution in [0.4, 0.5) is 0 Å². The second-order valence-corrected chi connectivity index (χ2v) is 8.80. The fraction of sp³-hybridized carbons (Fsp3) is 0.722. The summed E-state index contributed by atoms with van der Waals surface area (Å²) in [5, 5.41) is 0. The lowest BCUT2D eigenvalue weighted by Crippen LogP contribution is -2.15. The first-order chi connectivity index (χ1) is 9.70. The number of ether oxygens (including phenoxy) is 1. The predicted octanol–water partition coefficient (Wildman–Crippen LogP) is 5.29. The fourth-order valence-electron chi connectivity index (χ4n) is 2.43. The molecule has 3 heteroatoms. The quantitative estimate of drug-likeness (QED) is 0.264. The lowest BCUT2D eigenvalue weighted by molar-refractivity contribution is -0.137. The molecule has 1 fully saturated rings. The van der Waals surface area contributed by atoms with Gasteiger partial charge in [-0.25, -0.2) is 4.79 Å². The van der Waals surface area contributed by atoms with E-state index in [-0.39, 0.29) is 5.97 Å². The lowest BCUT2D eigenvalue weighted by Gasteiger charge is -2.12. The van der Waals surface area contributed by atoms with Gasteiger partial charge in [-0.05, 0) is 67.2 Å². The Hall–Kier alpha value is -0.700. The van der Waals surface area contributed by atoms with E-state index in [9.17, 15) is 4.79 Å². The van der Waals surface area contributed by atoms with Gasteiger partial charge in [0.05, 0.1) is 6.61 Å². The van der Waals surface area contributed by atoms with Gasteiger partial charge in [-0.1, -0.05) is 17.2 Å². The van der Waals surface area contributed by atoms with Crippen LogP contribution in [-0.2, 0) is 9.53 Å². The smallest absolute Gasteiger partial charge is 0.330 e. The Morgan fingerprint density at radius 3 is 2.29 bits per heavy atom. The van der Waals surface area contributed by atoms with Crippen molar-refractivity contribution in [2.45, 2.75) is 76.7 Å². The molecule has 0 aromatic carbocycles. The molecule has 0 bridgehead atoms. The third-order valence-corrected chi connectivity index (χ3v) is 6.31. The standard InChI is InChI=1S/C18H30O2S/c1-7-20-16(19)13-15(3)10-8-9-14(2)11-12-18(6)17(4,5)21-18/h9,13H,7-8,10-12H2,1-6H3. The second kappa shape index (κ2) is 7.53. The number of rotatable bonds is 8. The highest BCUT2D eigenvalue weighted by atomic mass is 32.2. The molecular formula is C18H30O2S. The summed E-state index contributed by atoms with van der Waals surface area (Å²) in [7, 11) is 0. The molecule has 0 saturated carbocycles. The summed E-state index contributed by atoms with van der Waals surface area (Å²) in [6, 6.07) is 0. The zero-order chi connectivity index (χ0) is 16.1. The summed E-state index contributed by atoms with van der Waals surface area (Å²) in [4.78, 5) is 11.3. The topological polar surface area (TPSA) is 26.3 Å². The highest BCUT2D eigenvalue weighted by molar-refractivity contribution is 8.09. The Kier molecular flexibility index (Phi) is 6.58. The van der Waals surface area contributed by atoms with Crippen LogP contribution in [0.1, 0.15) is 67.2 Å². The Bertz CT molecular complexity index is 434. The van der Waals surface area contributed by atoms with Gasteiger partial charge in [0.2, 0.25) is 0 Å². The van der Waals surface area contributed by atoms with E-state index in [0.717, 1.165) is 18.4 Å². The summed E-state index contributed by atoms with van der Waals surface area (Å²) in [5.74, 6) is -0.225. The van der Waals surface area contributed by atoms with Gasteiger partial charge in [-0.3, -0.25) is 0 Å². The number of hydrogen-bond donors (Lipinski definition) is 0. The third kappa shape index (κ3) is 5.90. The monoisotopic (exact) mass is 310 g/mol. The summed E-state index contributed by atoms with van der Waals surface area (Å²) < 4.78 is 5.82. The van der Waals surface area contributed by atoms with E-state index in [1.54, 1.807) is 6.08 Å². The first-order valence-corrected chi connectivity index (χ1v) is 8.71. The molecule has 1 heterocycles. The summed E-state index contributed by atoms with van der Waals surface area (Å²) >= 11 is 2.09. The first-order valence-electron chi connectivity index (χ1n) is 7.90. The van der Waals surface area contributed by atoms with Crippen molar-refractivity contribution in [3.05, 3.63) is 23.3 Å². The van der Waals surface area contributed by atoms with E-state index in [1.807, 2.05) is 13.8 Å². The van der Waals surface area contributed by atoms with Crippen molar-refractivity contribution in [2.24, 2.45) is 0 Å². The van der Waals surface area contributed by atoms with Crippen molar-refractivity contribution in [1.29, 1.82) is 0 Å². The zero-order valence-corrected chi connectivity index (χ0v) is 15.2. The SMILES string of the molecule is CCOC(=O)C=C(C)CCC=C(C)CCC1(C)SC1(C)C.